The molecule has 0 unspecified atom stereocenters. The number of hydrogen-bond donors (Lipinski definition) is 0. The van der Waals surface area contributed by atoms with Crippen molar-refractivity contribution in [3.05, 3.63) is 95.1 Å². The zero-order chi connectivity index (χ0) is 24.2. The minimum Gasteiger partial charge on any atom is -0.497 e. The molecule has 0 radical (unpaired) electrons. The van der Waals surface area contributed by atoms with Gasteiger partial charge in [0.05, 0.1) is 7.11 Å². The average molecular weight is 465 g/mol. The molecule has 0 amide bonds. The van der Waals surface area contributed by atoms with Crippen LogP contribution in [0.1, 0.15) is 63.5 Å². The van der Waals surface area contributed by atoms with E-state index in [2.05, 4.69) is 80.6 Å². The molecule has 0 aromatic heterocycles. The molecular weight excluding hydrogens is 428 g/mol. The SMILES string of the molecule is COc1cccc(/C(=C2\C=C[C@@]3(C)C(=C2)CC[C@@H]2[C@@H]3CC[C@]3(C)C(=O)CC[C@@H]23)c2ccccc2)c1. The highest BCUT2D eigenvalue weighted by molar-refractivity contribution is 5.87. The van der Waals surface area contributed by atoms with E-state index in [1.165, 1.54) is 35.1 Å². The third kappa shape index (κ3) is 3.48. The Morgan fingerprint density at radius 2 is 1.71 bits per heavy atom. The van der Waals surface area contributed by atoms with E-state index >= 15 is 0 Å². The summed E-state index contributed by atoms with van der Waals surface area (Å²) < 4.78 is 5.56. The van der Waals surface area contributed by atoms with Crippen molar-refractivity contribution in [3.8, 4) is 5.75 Å². The maximum Gasteiger partial charge on any atom is 0.139 e. The smallest absolute Gasteiger partial charge is 0.139 e. The van der Waals surface area contributed by atoms with Crippen LogP contribution in [0, 0.1) is 28.6 Å². The Kier molecular flexibility index (Phi) is 5.40. The molecule has 3 fully saturated rings. The summed E-state index contributed by atoms with van der Waals surface area (Å²) in [5, 5.41) is 0. The summed E-state index contributed by atoms with van der Waals surface area (Å²) in [4.78, 5) is 12.8. The lowest BCUT2D eigenvalue weighted by Gasteiger charge is -2.55. The number of methoxy groups -OCH3 is 1. The Labute approximate surface area is 209 Å². The lowest BCUT2D eigenvalue weighted by molar-refractivity contribution is -0.131. The lowest BCUT2D eigenvalue weighted by Crippen LogP contribution is -2.49. The molecule has 0 spiro atoms. The number of hydrogen-bond acceptors (Lipinski definition) is 2. The van der Waals surface area contributed by atoms with Crippen LogP contribution in [0.25, 0.3) is 5.57 Å². The third-order valence-electron chi connectivity index (χ3n) is 10.0. The number of Topliss-reactive ketones (excluding diaryl/α,β-unsaturated/α-hetero) is 1. The van der Waals surface area contributed by atoms with Crippen LogP contribution in [-0.4, -0.2) is 12.9 Å². The fraction of sp³-hybridized carbons (Fsp3) is 0.424. The van der Waals surface area contributed by atoms with E-state index in [1.807, 2.05) is 6.07 Å². The molecule has 0 N–H and O–H groups in total. The number of allylic oxidation sites excluding steroid dienone is 5. The molecule has 4 aliphatic carbocycles. The molecule has 2 nitrogen and oxygen atoms in total. The van der Waals surface area contributed by atoms with Crippen LogP contribution in [0.5, 0.6) is 5.75 Å². The first-order valence-corrected chi connectivity index (χ1v) is 13.3. The molecule has 4 aliphatic rings. The van der Waals surface area contributed by atoms with Gasteiger partial charge in [-0.25, -0.2) is 0 Å². The highest BCUT2D eigenvalue weighted by atomic mass is 16.5. The second-order valence-electron chi connectivity index (χ2n) is 11.5. The molecule has 6 rings (SSSR count). The van der Waals surface area contributed by atoms with Crippen molar-refractivity contribution < 1.29 is 9.53 Å². The van der Waals surface area contributed by atoms with Gasteiger partial charge in [0.2, 0.25) is 0 Å². The Morgan fingerprint density at radius 3 is 2.51 bits per heavy atom. The molecule has 0 heterocycles. The summed E-state index contributed by atoms with van der Waals surface area (Å²) >= 11 is 0. The van der Waals surface area contributed by atoms with E-state index in [9.17, 15) is 4.79 Å². The fourth-order valence-electron chi connectivity index (χ4n) is 8.03. The number of fused-ring (bicyclic) bond motifs is 5. The third-order valence-corrected chi connectivity index (χ3v) is 10.0. The molecule has 0 saturated heterocycles. The van der Waals surface area contributed by atoms with Crippen LogP contribution in [0.3, 0.4) is 0 Å². The fourth-order valence-corrected chi connectivity index (χ4v) is 8.03. The van der Waals surface area contributed by atoms with Crippen LogP contribution >= 0.6 is 0 Å². The van der Waals surface area contributed by atoms with Gasteiger partial charge in [-0.15, -0.1) is 0 Å². The molecule has 180 valence electrons. The maximum absolute atomic E-state index is 12.8. The van der Waals surface area contributed by atoms with Gasteiger partial charge in [0.25, 0.3) is 0 Å². The Morgan fingerprint density at radius 1 is 0.914 bits per heavy atom. The van der Waals surface area contributed by atoms with Gasteiger partial charge in [-0.3, -0.25) is 4.79 Å². The summed E-state index contributed by atoms with van der Waals surface area (Å²) in [6.07, 6.45) is 13.9. The number of ketones is 1. The number of benzene rings is 2. The second kappa shape index (κ2) is 8.36. The van der Waals surface area contributed by atoms with E-state index in [-0.39, 0.29) is 10.8 Å². The molecule has 2 heteroatoms. The van der Waals surface area contributed by atoms with Crippen molar-refractivity contribution >= 4 is 11.4 Å². The molecule has 2 aromatic carbocycles. The quantitative estimate of drug-likeness (QED) is 0.463. The van der Waals surface area contributed by atoms with Crippen molar-refractivity contribution in [2.24, 2.45) is 28.6 Å². The summed E-state index contributed by atoms with van der Waals surface area (Å²) in [6, 6.07) is 19.1. The predicted octanol–water partition coefficient (Wildman–Crippen LogP) is 7.81. The van der Waals surface area contributed by atoms with Crippen molar-refractivity contribution in [1.82, 2.24) is 0 Å². The van der Waals surface area contributed by atoms with E-state index < -0.39 is 0 Å². The van der Waals surface area contributed by atoms with E-state index in [0.717, 1.165) is 31.4 Å². The van der Waals surface area contributed by atoms with Gasteiger partial charge in [0.15, 0.2) is 0 Å². The number of carbonyl (C=O) groups is 1. The second-order valence-corrected chi connectivity index (χ2v) is 11.5. The lowest BCUT2D eigenvalue weighted by atomic mass is 9.48. The van der Waals surface area contributed by atoms with Gasteiger partial charge in [0, 0.05) is 17.3 Å². The van der Waals surface area contributed by atoms with Crippen LogP contribution in [0.15, 0.2) is 84.0 Å². The molecule has 0 aliphatic heterocycles. The zero-order valence-corrected chi connectivity index (χ0v) is 21.2. The average Bonchev–Trinajstić information content (AvgIpc) is 3.19. The van der Waals surface area contributed by atoms with Gasteiger partial charge in [-0.05, 0) is 84.3 Å². The van der Waals surface area contributed by atoms with E-state index in [0.29, 0.717) is 23.5 Å². The summed E-state index contributed by atoms with van der Waals surface area (Å²) in [6.45, 7) is 4.74. The minimum atomic E-state index is -0.0605. The van der Waals surface area contributed by atoms with Crippen LogP contribution in [0.4, 0.5) is 0 Å². The van der Waals surface area contributed by atoms with Crippen molar-refractivity contribution in [2.45, 2.75) is 52.4 Å². The van der Waals surface area contributed by atoms with Crippen LogP contribution in [-0.2, 0) is 4.79 Å². The topological polar surface area (TPSA) is 26.3 Å². The normalized spacial score (nSPS) is 35.0. The predicted molar refractivity (Wildman–Crippen MR) is 142 cm³/mol. The summed E-state index contributed by atoms with van der Waals surface area (Å²) in [7, 11) is 1.73. The molecule has 35 heavy (non-hydrogen) atoms. The Bertz CT molecular complexity index is 1250. The van der Waals surface area contributed by atoms with E-state index in [1.54, 1.807) is 12.7 Å². The summed E-state index contributed by atoms with van der Waals surface area (Å²) in [5.74, 6) is 3.30. The number of rotatable bonds is 3. The number of carbonyl (C=O) groups excluding carboxylic acids is 1. The molecule has 0 bridgehead atoms. The maximum atomic E-state index is 12.8. The van der Waals surface area contributed by atoms with Gasteiger partial charge in [-0.2, -0.15) is 0 Å². The molecule has 5 atom stereocenters. The summed E-state index contributed by atoms with van der Waals surface area (Å²) in [5.41, 5.74) is 6.56. The first kappa shape index (κ1) is 22.6. The molecule has 3 saturated carbocycles. The van der Waals surface area contributed by atoms with Gasteiger partial charge >= 0.3 is 0 Å². The standard InChI is InChI=1S/C33H36O2/c1-32-18-16-24(31(22-8-5-4-6-9-22)23-10-7-11-26(21-23)35-3)20-25(32)12-13-27-28-14-15-30(34)33(28,2)19-17-29(27)32/h4-11,16,18,20-21,27-29H,12-15,17,19H2,1-3H3/b31-24+/t27-,28-,29-,32-,33-/m0/s1. The largest absolute Gasteiger partial charge is 0.497 e. The van der Waals surface area contributed by atoms with Crippen molar-refractivity contribution in [3.63, 3.8) is 0 Å². The monoisotopic (exact) mass is 464 g/mol. The Hall–Kier alpha value is -2.87. The highest BCUT2D eigenvalue weighted by Crippen LogP contribution is 2.64. The minimum absolute atomic E-state index is 0.0605. The van der Waals surface area contributed by atoms with Crippen molar-refractivity contribution in [1.29, 1.82) is 0 Å². The van der Waals surface area contributed by atoms with Crippen molar-refractivity contribution in [2.75, 3.05) is 7.11 Å². The Balaban J connectivity index is 1.42. The van der Waals surface area contributed by atoms with E-state index in [4.69, 9.17) is 4.74 Å². The van der Waals surface area contributed by atoms with Gasteiger partial charge in [0.1, 0.15) is 11.5 Å². The van der Waals surface area contributed by atoms with Gasteiger partial charge < -0.3 is 4.74 Å². The number of ether oxygens (including phenoxy) is 1. The van der Waals surface area contributed by atoms with Gasteiger partial charge in [-0.1, -0.05) is 80.1 Å². The van der Waals surface area contributed by atoms with Crippen LogP contribution in [0.2, 0.25) is 0 Å². The molecular formula is C33H36O2. The first-order valence-electron chi connectivity index (χ1n) is 13.3. The first-order chi connectivity index (χ1) is 16.9. The highest BCUT2D eigenvalue weighted by Gasteiger charge is 2.58. The molecule has 2 aromatic rings. The van der Waals surface area contributed by atoms with Crippen LogP contribution < -0.4 is 4.74 Å². The zero-order valence-electron chi connectivity index (χ0n) is 21.2.